The second kappa shape index (κ2) is 6.73. The molecule has 0 fully saturated rings. The number of hydrogen-bond acceptors (Lipinski definition) is 4. The summed E-state index contributed by atoms with van der Waals surface area (Å²) in [6.45, 7) is 3.91. The zero-order valence-corrected chi connectivity index (χ0v) is 13.5. The molecule has 0 N–H and O–H groups in total. The van der Waals surface area contributed by atoms with Gasteiger partial charge in [-0.2, -0.15) is 5.10 Å². The highest BCUT2D eigenvalue weighted by Gasteiger charge is 2.19. The van der Waals surface area contributed by atoms with Crippen molar-refractivity contribution in [1.29, 1.82) is 0 Å². The molecule has 4 nitrogen and oxygen atoms in total. The maximum atomic E-state index is 6.15. The molecule has 1 aliphatic rings. The number of aromatic nitrogens is 2. The van der Waals surface area contributed by atoms with Crippen LogP contribution in [0, 0.1) is 0 Å². The lowest BCUT2D eigenvalue weighted by Gasteiger charge is -2.27. The largest absolute Gasteiger partial charge is 0.497 e. The van der Waals surface area contributed by atoms with Gasteiger partial charge in [-0.3, -0.25) is 9.58 Å². The first kappa shape index (κ1) is 14.8. The fraction of sp³-hybridized carbons (Fsp3) is 0.400. The lowest BCUT2D eigenvalue weighted by Crippen LogP contribution is -2.35. The van der Waals surface area contributed by atoms with Crippen LogP contribution < -0.4 is 4.74 Å². The standard InChI is InChI=1S/C15H18ClN3OS/c1-20-12-2-4-13(5-3-12)21-9-8-18-6-7-19-15(11-18)14(16)10-17-19/h2-5,10H,6-9,11H2,1H3. The van der Waals surface area contributed by atoms with Crippen molar-refractivity contribution in [2.24, 2.45) is 0 Å². The molecule has 0 saturated heterocycles. The van der Waals surface area contributed by atoms with E-state index >= 15 is 0 Å². The molecule has 1 aromatic heterocycles. The van der Waals surface area contributed by atoms with Gasteiger partial charge in [-0.05, 0) is 24.3 Å². The van der Waals surface area contributed by atoms with Crippen LogP contribution in [0.1, 0.15) is 5.69 Å². The average Bonchev–Trinajstić information content (AvgIpc) is 2.89. The van der Waals surface area contributed by atoms with Crippen molar-refractivity contribution in [2.45, 2.75) is 18.0 Å². The van der Waals surface area contributed by atoms with E-state index < -0.39 is 0 Å². The first-order valence-corrected chi connectivity index (χ1v) is 8.32. The molecule has 21 heavy (non-hydrogen) atoms. The molecule has 2 aromatic rings. The Labute approximate surface area is 134 Å². The minimum Gasteiger partial charge on any atom is -0.497 e. The predicted molar refractivity (Wildman–Crippen MR) is 86.2 cm³/mol. The lowest BCUT2D eigenvalue weighted by molar-refractivity contribution is 0.226. The number of halogens is 1. The minimum atomic E-state index is 0.780. The van der Waals surface area contributed by atoms with Gasteiger partial charge in [0, 0.05) is 30.3 Å². The van der Waals surface area contributed by atoms with Crippen LogP contribution in [0.5, 0.6) is 5.75 Å². The third-order valence-corrected chi connectivity index (χ3v) is 4.94. The summed E-state index contributed by atoms with van der Waals surface area (Å²) < 4.78 is 7.18. The molecule has 1 aromatic carbocycles. The van der Waals surface area contributed by atoms with Crippen molar-refractivity contribution in [3.8, 4) is 5.75 Å². The van der Waals surface area contributed by atoms with Crippen molar-refractivity contribution in [2.75, 3.05) is 26.0 Å². The number of fused-ring (bicyclic) bond motifs is 1. The summed E-state index contributed by atoms with van der Waals surface area (Å²) in [7, 11) is 1.69. The van der Waals surface area contributed by atoms with Gasteiger partial charge in [0.25, 0.3) is 0 Å². The predicted octanol–water partition coefficient (Wildman–Crippen LogP) is 3.15. The van der Waals surface area contributed by atoms with Crippen LogP contribution in [0.25, 0.3) is 0 Å². The molecule has 2 heterocycles. The van der Waals surface area contributed by atoms with Gasteiger partial charge in [0.15, 0.2) is 0 Å². The second-order valence-electron chi connectivity index (χ2n) is 4.96. The second-order valence-corrected chi connectivity index (χ2v) is 6.54. The monoisotopic (exact) mass is 323 g/mol. The van der Waals surface area contributed by atoms with Crippen LogP contribution in [0.3, 0.4) is 0 Å². The fourth-order valence-electron chi connectivity index (χ4n) is 2.42. The third kappa shape index (κ3) is 3.54. The molecular weight excluding hydrogens is 306 g/mol. The zero-order chi connectivity index (χ0) is 14.7. The number of methoxy groups -OCH3 is 1. The highest BCUT2D eigenvalue weighted by Crippen LogP contribution is 2.23. The Kier molecular flexibility index (Phi) is 4.73. The molecule has 112 valence electrons. The van der Waals surface area contributed by atoms with E-state index in [0.29, 0.717) is 0 Å². The Morgan fingerprint density at radius 3 is 2.86 bits per heavy atom. The molecule has 6 heteroatoms. The smallest absolute Gasteiger partial charge is 0.118 e. The molecule has 0 unspecified atom stereocenters. The molecule has 0 saturated carbocycles. The molecule has 0 spiro atoms. The quantitative estimate of drug-likeness (QED) is 0.791. The highest BCUT2D eigenvalue weighted by atomic mass is 35.5. The Bertz CT molecular complexity index is 599. The van der Waals surface area contributed by atoms with Crippen LogP contribution in [0.4, 0.5) is 0 Å². The van der Waals surface area contributed by atoms with Crippen LogP contribution in [0.15, 0.2) is 35.4 Å². The summed E-state index contributed by atoms with van der Waals surface area (Å²) in [5.74, 6) is 1.97. The molecule has 0 aliphatic carbocycles. The van der Waals surface area contributed by atoms with Gasteiger partial charge in [-0.25, -0.2) is 0 Å². The van der Waals surface area contributed by atoms with Gasteiger partial charge in [-0.15, -0.1) is 11.8 Å². The normalized spacial score (nSPS) is 15.0. The maximum absolute atomic E-state index is 6.15. The number of rotatable bonds is 5. The summed E-state index contributed by atoms with van der Waals surface area (Å²) in [5.41, 5.74) is 1.14. The fourth-order valence-corrected chi connectivity index (χ4v) is 3.53. The molecule has 1 aliphatic heterocycles. The van der Waals surface area contributed by atoms with Crippen LogP contribution in [-0.4, -0.2) is 40.6 Å². The van der Waals surface area contributed by atoms with Crippen molar-refractivity contribution in [3.05, 3.63) is 41.2 Å². The first-order valence-electron chi connectivity index (χ1n) is 6.95. The van der Waals surface area contributed by atoms with Gasteiger partial charge in [0.1, 0.15) is 5.75 Å². The van der Waals surface area contributed by atoms with E-state index in [0.717, 1.165) is 48.4 Å². The SMILES string of the molecule is COc1ccc(SCCN2CCn3ncc(Cl)c3C2)cc1. The highest BCUT2D eigenvalue weighted by molar-refractivity contribution is 7.99. The lowest BCUT2D eigenvalue weighted by atomic mass is 10.3. The zero-order valence-electron chi connectivity index (χ0n) is 12.0. The van der Waals surface area contributed by atoms with E-state index in [2.05, 4.69) is 22.1 Å². The van der Waals surface area contributed by atoms with E-state index in [1.165, 1.54) is 4.90 Å². The molecule has 0 amide bonds. The summed E-state index contributed by atoms with van der Waals surface area (Å²) in [5, 5.41) is 5.06. The van der Waals surface area contributed by atoms with Crippen molar-refractivity contribution < 1.29 is 4.74 Å². The van der Waals surface area contributed by atoms with Crippen LogP contribution in [-0.2, 0) is 13.1 Å². The van der Waals surface area contributed by atoms with Crippen molar-refractivity contribution in [1.82, 2.24) is 14.7 Å². The topological polar surface area (TPSA) is 30.3 Å². The van der Waals surface area contributed by atoms with Crippen LogP contribution in [0.2, 0.25) is 5.02 Å². The van der Waals surface area contributed by atoms with Crippen molar-refractivity contribution in [3.63, 3.8) is 0 Å². The van der Waals surface area contributed by atoms with Crippen LogP contribution >= 0.6 is 23.4 Å². The summed E-state index contributed by atoms with van der Waals surface area (Å²) in [6, 6.07) is 8.21. The summed E-state index contributed by atoms with van der Waals surface area (Å²) in [6.07, 6.45) is 1.74. The average molecular weight is 324 g/mol. The Morgan fingerprint density at radius 2 is 2.10 bits per heavy atom. The number of hydrogen-bond donors (Lipinski definition) is 0. The number of thioether (sulfide) groups is 1. The van der Waals surface area contributed by atoms with Gasteiger partial charge in [0.05, 0.1) is 30.6 Å². The minimum absolute atomic E-state index is 0.780. The number of nitrogens with zero attached hydrogens (tertiary/aromatic N) is 3. The molecule has 0 atom stereocenters. The molecular formula is C15H18ClN3OS. The van der Waals surface area contributed by atoms with Gasteiger partial charge in [-0.1, -0.05) is 11.6 Å². The van der Waals surface area contributed by atoms with E-state index in [-0.39, 0.29) is 0 Å². The van der Waals surface area contributed by atoms with Crippen molar-refractivity contribution >= 4 is 23.4 Å². The Hall–Kier alpha value is -1.17. The van der Waals surface area contributed by atoms with E-state index in [1.807, 2.05) is 28.6 Å². The van der Waals surface area contributed by atoms with Gasteiger partial charge >= 0.3 is 0 Å². The summed E-state index contributed by atoms with van der Waals surface area (Å²) >= 11 is 8.02. The van der Waals surface area contributed by atoms with Gasteiger partial charge in [0.2, 0.25) is 0 Å². The first-order chi connectivity index (χ1) is 10.3. The number of ether oxygens (including phenoxy) is 1. The molecule has 3 rings (SSSR count). The molecule has 0 radical (unpaired) electrons. The Morgan fingerprint density at radius 1 is 1.29 bits per heavy atom. The van der Waals surface area contributed by atoms with Gasteiger partial charge < -0.3 is 4.74 Å². The van der Waals surface area contributed by atoms with E-state index in [9.17, 15) is 0 Å². The van der Waals surface area contributed by atoms with E-state index in [4.69, 9.17) is 16.3 Å². The summed E-state index contributed by atoms with van der Waals surface area (Å²) in [4.78, 5) is 3.70. The third-order valence-electron chi connectivity index (χ3n) is 3.63. The number of benzene rings is 1. The van der Waals surface area contributed by atoms with E-state index in [1.54, 1.807) is 13.3 Å². The molecule has 0 bridgehead atoms. The maximum Gasteiger partial charge on any atom is 0.118 e. The Balaban J connectivity index is 1.49.